The Morgan fingerprint density at radius 1 is 1.25 bits per heavy atom. The second kappa shape index (κ2) is 9.22. The van der Waals surface area contributed by atoms with Crippen LogP contribution < -0.4 is 10.6 Å². The Morgan fingerprint density at radius 2 is 2.04 bits per heavy atom. The van der Waals surface area contributed by atoms with E-state index in [9.17, 15) is 0 Å². The van der Waals surface area contributed by atoms with E-state index in [0.717, 1.165) is 30.9 Å². The number of benzene rings is 1. The molecule has 0 amide bonds. The Hall–Kier alpha value is -1.34. The maximum Gasteiger partial charge on any atom is 0.191 e. The van der Waals surface area contributed by atoms with Gasteiger partial charge in [0.2, 0.25) is 0 Å². The second-order valence-electron chi connectivity index (χ2n) is 5.74. The Labute approximate surface area is 165 Å². The van der Waals surface area contributed by atoms with E-state index in [1.807, 2.05) is 18.3 Å². The van der Waals surface area contributed by atoms with Gasteiger partial charge in [0, 0.05) is 31.7 Å². The lowest BCUT2D eigenvalue weighted by atomic mass is 10.1. The third-order valence-electron chi connectivity index (χ3n) is 4.06. The average molecular weight is 457 g/mol. The van der Waals surface area contributed by atoms with Gasteiger partial charge in [-0.15, -0.1) is 24.0 Å². The van der Waals surface area contributed by atoms with Crippen molar-refractivity contribution < 1.29 is 0 Å². The van der Waals surface area contributed by atoms with Gasteiger partial charge in [0.05, 0.1) is 0 Å². The molecule has 1 saturated carbocycles. The van der Waals surface area contributed by atoms with Crippen LogP contribution in [0, 0.1) is 0 Å². The monoisotopic (exact) mass is 456 g/mol. The molecule has 2 aromatic rings. The maximum atomic E-state index is 5.79. The molecule has 2 N–H and O–H groups in total. The number of rotatable bonds is 5. The number of aromatic nitrogens is 1. The summed E-state index contributed by atoms with van der Waals surface area (Å²) in [7, 11) is 1.80. The zero-order valence-electron chi connectivity index (χ0n) is 13.6. The summed E-state index contributed by atoms with van der Waals surface area (Å²) in [6, 6.07) is 14.9. The number of hydrogen-bond acceptors (Lipinski definition) is 2. The van der Waals surface area contributed by atoms with Crippen molar-refractivity contribution in [3.05, 3.63) is 64.9 Å². The normalized spacial score (nSPS) is 19.3. The quantitative estimate of drug-likeness (QED) is 0.313. The molecule has 4 nitrogen and oxygen atoms in total. The fourth-order valence-electron chi connectivity index (χ4n) is 2.67. The third-order valence-corrected chi connectivity index (χ3v) is 4.28. The Morgan fingerprint density at radius 3 is 2.71 bits per heavy atom. The molecule has 1 fully saturated rings. The van der Waals surface area contributed by atoms with Crippen molar-refractivity contribution in [2.45, 2.75) is 24.8 Å². The van der Waals surface area contributed by atoms with Gasteiger partial charge in [-0.2, -0.15) is 0 Å². The Kier molecular flexibility index (Phi) is 7.30. The van der Waals surface area contributed by atoms with Crippen molar-refractivity contribution in [2.75, 3.05) is 13.6 Å². The van der Waals surface area contributed by atoms with Crippen LogP contribution in [0.5, 0.6) is 0 Å². The summed E-state index contributed by atoms with van der Waals surface area (Å²) in [6.45, 7) is 0.811. The standard InChI is InChI=1S/C18H21ClN4.HI/c1-20-18(21-10-9-13-7-8-17(19)22-12-13)23-16-11-15(16)14-5-3-2-4-6-14;/h2-8,12,15-16H,9-11H2,1H3,(H2,20,21,23);1H. The van der Waals surface area contributed by atoms with E-state index in [-0.39, 0.29) is 24.0 Å². The fraction of sp³-hybridized carbons (Fsp3) is 0.333. The van der Waals surface area contributed by atoms with Gasteiger partial charge < -0.3 is 10.6 Å². The van der Waals surface area contributed by atoms with Gasteiger partial charge in [-0.05, 0) is 30.0 Å². The minimum Gasteiger partial charge on any atom is -0.356 e. The van der Waals surface area contributed by atoms with Gasteiger partial charge in [0.25, 0.3) is 0 Å². The molecule has 1 aromatic heterocycles. The summed E-state index contributed by atoms with van der Waals surface area (Å²) in [5.74, 6) is 1.45. The molecule has 3 rings (SSSR count). The van der Waals surface area contributed by atoms with Crippen molar-refractivity contribution in [1.82, 2.24) is 15.6 Å². The third kappa shape index (κ3) is 5.34. The maximum absolute atomic E-state index is 5.79. The largest absolute Gasteiger partial charge is 0.356 e. The second-order valence-corrected chi connectivity index (χ2v) is 6.13. The Balaban J connectivity index is 0.00000208. The summed E-state index contributed by atoms with van der Waals surface area (Å²) in [6.07, 6.45) is 3.86. The zero-order chi connectivity index (χ0) is 16.1. The van der Waals surface area contributed by atoms with E-state index in [1.165, 1.54) is 5.56 Å². The minimum absolute atomic E-state index is 0. The SMILES string of the molecule is CN=C(NCCc1ccc(Cl)nc1)NC1CC1c1ccccc1.I. The predicted molar refractivity (Wildman–Crippen MR) is 110 cm³/mol. The molecule has 0 radical (unpaired) electrons. The van der Waals surface area contributed by atoms with Crippen molar-refractivity contribution in [1.29, 1.82) is 0 Å². The zero-order valence-corrected chi connectivity index (χ0v) is 16.7. The smallest absolute Gasteiger partial charge is 0.191 e. The lowest BCUT2D eigenvalue weighted by Crippen LogP contribution is -2.39. The van der Waals surface area contributed by atoms with E-state index in [0.29, 0.717) is 17.1 Å². The van der Waals surface area contributed by atoms with Crippen LogP contribution in [0.3, 0.4) is 0 Å². The van der Waals surface area contributed by atoms with Gasteiger partial charge in [-0.1, -0.05) is 48.0 Å². The van der Waals surface area contributed by atoms with Crippen molar-refractivity contribution >= 4 is 41.5 Å². The molecule has 2 unspecified atom stereocenters. The van der Waals surface area contributed by atoms with Crippen molar-refractivity contribution in [3.63, 3.8) is 0 Å². The molecular formula is C18H22ClIN4. The molecule has 6 heteroatoms. The number of hydrogen-bond donors (Lipinski definition) is 2. The summed E-state index contributed by atoms with van der Waals surface area (Å²) in [5, 5.41) is 7.37. The highest BCUT2D eigenvalue weighted by Crippen LogP contribution is 2.40. The molecule has 1 aliphatic carbocycles. The minimum atomic E-state index is 0. The van der Waals surface area contributed by atoms with Gasteiger partial charge in [0.1, 0.15) is 5.15 Å². The first kappa shape index (κ1) is 19.0. The van der Waals surface area contributed by atoms with Gasteiger partial charge in [-0.25, -0.2) is 4.98 Å². The highest BCUT2D eigenvalue weighted by molar-refractivity contribution is 14.0. The molecule has 1 heterocycles. The van der Waals surface area contributed by atoms with Crippen LogP contribution in [-0.4, -0.2) is 30.6 Å². The first-order chi connectivity index (χ1) is 11.3. The average Bonchev–Trinajstić information content (AvgIpc) is 3.36. The van der Waals surface area contributed by atoms with E-state index in [1.54, 1.807) is 7.05 Å². The molecule has 0 saturated heterocycles. The highest BCUT2D eigenvalue weighted by Gasteiger charge is 2.38. The van der Waals surface area contributed by atoms with Gasteiger partial charge in [0.15, 0.2) is 5.96 Å². The van der Waals surface area contributed by atoms with Crippen LogP contribution in [0.2, 0.25) is 5.15 Å². The summed E-state index contributed by atoms with van der Waals surface area (Å²) < 4.78 is 0. The molecule has 0 bridgehead atoms. The summed E-state index contributed by atoms with van der Waals surface area (Å²) in [4.78, 5) is 8.39. The Bertz CT molecular complexity index is 660. The van der Waals surface area contributed by atoms with Crippen LogP contribution in [-0.2, 0) is 6.42 Å². The number of aliphatic imine (C=N–C) groups is 1. The van der Waals surface area contributed by atoms with Crippen LogP contribution >= 0.6 is 35.6 Å². The predicted octanol–water partition coefficient (Wildman–Crippen LogP) is 3.62. The number of guanidine groups is 1. The van der Waals surface area contributed by atoms with E-state index < -0.39 is 0 Å². The summed E-state index contributed by atoms with van der Waals surface area (Å²) in [5.41, 5.74) is 2.55. The number of pyridine rings is 1. The first-order valence-corrected chi connectivity index (χ1v) is 8.26. The van der Waals surface area contributed by atoms with Gasteiger partial charge >= 0.3 is 0 Å². The van der Waals surface area contributed by atoms with Crippen LogP contribution in [0.25, 0.3) is 0 Å². The number of nitrogens with one attached hydrogen (secondary N) is 2. The number of nitrogens with zero attached hydrogens (tertiary/aromatic N) is 2. The van der Waals surface area contributed by atoms with Crippen LogP contribution in [0.1, 0.15) is 23.5 Å². The molecule has 0 spiro atoms. The molecule has 1 aliphatic rings. The van der Waals surface area contributed by atoms with Crippen molar-refractivity contribution in [3.8, 4) is 0 Å². The molecular weight excluding hydrogens is 435 g/mol. The van der Waals surface area contributed by atoms with Crippen molar-refractivity contribution in [2.24, 2.45) is 4.99 Å². The lowest BCUT2D eigenvalue weighted by molar-refractivity contribution is 0.778. The first-order valence-electron chi connectivity index (χ1n) is 7.89. The van der Waals surface area contributed by atoms with Crippen LogP contribution in [0.4, 0.5) is 0 Å². The highest BCUT2D eigenvalue weighted by atomic mass is 127. The topological polar surface area (TPSA) is 49.3 Å². The molecule has 1 aromatic carbocycles. The molecule has 24 heavy (non-hydrogen) atoms. The van der Waals surface area contributed by atoms with Crippen LogP contribution in [0.15, 0.2) is 53.7 Å². The molecule has 0 aliphatic heterocycles. The fourth-order valence-corrected chi connectivity index (χ4v) is 2.78. The summed E-state index contributed by atoms with van der Waals surface area (Å²) >= 11 is 5.79. The van der Waals surface area contributed by atoms with E-state index >= 15 is 0 Å². The van der Waals surface area contributed by atoms with E-state index in [2.05, 4.69) is 50.9 Å². The van der Waals surface area contributed by atoms with E-state index in [4.69, 9.17) is 11.6 Å². The lowest BCUT2D eigenvalue weighted by Gasteiger charge is -2.12. The number of halogens is 2. The molecule has 2 atom stereocenters. The molecule has 128 valence electrons. The van der Waals surface area contributed by atoms with Gasteiger partial charge in [-0.3, -0.25) is 4.99 Å².